The molecular formula is C27H38ClN3O5S. The van der Waals surface area contributed by atoms with Crippen molar-refractivity contribution in [3.05, 3.63) is 58.6 Å². The lowest BCUT2D eigenvalue weighted by atomic mass is 10.1. The van der Waals surface area contributed by atoms with Gasteiger partial charge in [0, 0.05) is 26.1 Å². The summed E-state index contributed by atoms with van der Waals surface area (Å²) in [7, 11) is -2.14. The second kappa shape index (κ2) is 14.2. The van der Waals surface area contributed by atoms with Crippen molar-refractivity contribution >= 4 is 39.1 Å². The minimum atomic E-state index is -3.62. The normalized spacial score (nSPS) is 12.1. The summed E-state index contributed by atoms with van der Waals surface area (Å²) in [5.41, 5.74) is 2.42. The van der Waals surface area contributed by atoms with Gasteiger partial charge in [-0.2, -0.15) is 0 Å². The van der Waals surface area contributed by atoms with Crippen molar-refractivity contribution in [2.24, 2.45) is 0 Å². The van der Waals surface area contributed by atoms with Crippen LogP contribution < -0.4 is 14.4 Å². The maximum Gasteiger partial charge on any atom is 0.242 e. The minimum Gasteiger partial charge on any atom is -0.495 e. The fraction of sp³-hybridized carbons (Fsp3) is 0.481. The molecule has 0 saturated heterocycles. The van der Waals surface area contributed by atoms with Crippen LogP contribution in [-0.2, 0) is 26.2 Å². The Hall–Kier alpha value is -2.78. The van der Waals surface area contributed by atoms with Crippen LogP contribution in [0, 0.1) is 6.92 Å². The number of benzene rings is 2. The molecule has 37 heavy (non-hydrogen) atoms. The fourth-order valence-corrected chi connectivity index (χ4v) is 5.20. The number of hydrogen-bond acceptors (Lipinski definition) is 5. The van der Waals surface area contributed by atoms with Crippen LogP contribution in [0.5, 0.6) is 5.75 Å². The molecule has 0 saturated carbocycles. The number of hydrogen-bond donors (Lipinski definition) is 1. The van der Waals surface area contributed by atoms with Gasteiger partial charge in [0.15, 0.2) is 0 Å². The largest absolute Gasteiger partial charge is 0.495 e. The third-order valence-corrected chi connectivity index (χ3v) is 7.47. The Labute approximate surface area is 226 Å². The molecule has 0 aliphatic rings. The SMILES string of the molecule is CCCNC(=O)C(CC)N(Cc1ccc(C)cc1)C(=O)CCCN(c1ccc(OC)c(Cl)c1)S(C)(=O)=O. The van der Waals surface area contributed by atoms with Gasteiger partial charge in [-0.25, -0.2) is 8.42 Å². The van der Waals surface area contributed by atoms with Gasteiger partial charge in [0.25, 0.3) is 0 Å². The van der Waals surface area contributed by atoms with E-state index in [1.54, 1.807) is 17.0 Å². The summed E-state index contributed by atoms with van der Waals surface area (Å²) >= 11 is 6.21. The molecule has 10 heteroatoms. The second-order valence-electron chi connectivity index (χ2n) is 8.98. The van der Waals surface area contributed by atoms with E-state index in [4.69, 9.17) is 16.3 Å². The van der Waals surface area contributed by atoms with E-state index in [1.165, 1.54) is 17.5 Å². The first-order valence-corrected chi connectivity index (χ1v) is 14.7. The standard InChI is InChI=1S/C27H38ClN3O5S/c1-6-16-29-27(33)24(7-2)30(19-21-12-10-20(3)11-13-21)26(32)9-8-17-31(37(5,34)35)22-14-15-25(36-4)23(28)18-22/h10-15,18,24H,6-9,16-17,19H2,1-5H3,(H,29,33). The number of ether oxygens (including phenoxy) is 1. The van der Waals surface area contributed by atoms with Crippen molar-refractivity contribution in [1.82, 2.24) is 10.2 Å². The molecule has 2 aromatic rings. The molecule has 204 valence electrons. The molecule has 0 heterocycles. The highest BCUT2D eigenvalue weighted by molar-refractivity contribution is 7.92. The van der Waals surface area contributed by atoms with E-state index < -0.39 is 16.1 Å². The Morgan fingerprint density at radius 2 is 1.78 bits per heavy atom. The number of nitrogens with zero attached hydrogens (tertiary/aromatic N) is 2. The minimum absolute atomic E-state index is 0.0827. The third-order valence-electron chi connectivity index (χ3n) is 5.98. The molecule has 0 aromatic heterocycles. The van der Waals surface area contributed by atoms with E-state index in [1.807, 2.05) is 45.0 Å². The highest BCUT2D eigenvalue weighted by Crippen LogP contribution is 2.30. The molecule has 2 aromatic carbocycles. The van der Waals surface area contributed by atoms with E-state index in [0.717, 1.165) is 23.8 Å². The molecule has 8 nitrogen and oxygen atoms in total. The highest BCUT2D eigenvalue weighted by atomic mass is 35.5. The number of amides is 2. The van der Waals surface area contributed by atoms with Gasteiger partial charge in [-0.1, -0.05) is 55.3 Å². The summed E-state index contributed by atoms with van der Waals surface area (Å²) in [4.78, 5) is 27.9. The zero-order valence-corrected chi connectivity index (χ0v) is 23.9. The summed E-state index contributed by atoms with van der Waals surface area (Å²) in [6.07, 6.45) is 2.73. The number of carbonyl (C=O) groups is 2. The smallest absolute Gasteiger partial charge is 0.242 e. The number of aryl methyl sites for hydroxylation is 1. The van der Waals surface area contributed by atoms with Crippen LogP contribution in [0.1, 0.15) is 50.7 Å². The molecule has 0 radical (unpaired) electrons. The average Bonchev–Trinajstić information content (AvgIpc) is 2.85. The fourth-order valence-electron chi connectivity index (χ4n) is 3.99. The zero-order valence-electron chi connectivity index (χ0n) is 22.3. The summed E-state index contributed by atoms with van der Waals surface area (Å²) in [6.45, 7) is 6.76. The van der Waals surface area contributed by atoms with Crippen LogP contribution in [0.15, 0.2) is 42.5 Å². The molecule has 1 N–H and O–H groups in total. The average molecular weight is 552 g/mol. The van der Waals surface area contributed by atoms with Gasteiger partial charge in [-0.3, -0.25) is 13.9 Å². The number of sulfonamides is 1. The van der Waals surface area contributed by atoms with Crippen molar-refractivity contribution in [1.29, 1.82) is 0 Å². The molecule has 0 aliphatic heterocycles. The highest BCUT2D eigenvalue weighted by Gasteiger charge is 2.28. The molecule has 0 fully saturated rings. The third kappa shape index (κ3) is 8.93. The van der Waals surface area contributed by atoms with Crippen LogP contribution in [0.2, 0.25) is 5.02 Å². The van der Waals surface area contributed by atoms with Crippen molar-refractivity contribution in [2.75, 3.05) is 30.8 Å². The summed E-state index contributed by atoms with van der Waals surface area (Å²) in [5, 5.41) is 3.19. The monoisotopic (exact) mass is 551 g/mol. The lowest BCUT2D eigenvalue weighted by Crippen LogP contribution is -2.49. The summed E-state index contributed by atoms with van der Waals surface area (Å²) < 4.78 is 31.4. The van der Waals surface area contributed by atoms with E-state index in [9.17, 15) is 18.0 Å². The van der Waals surface area contributed by atoms with Crippen LogP contribution in [0.4, 0.5) is 5.69 Å². The van der Waals surface area contributed by atoms with E-state index in [2.05, 4.69) is 5.32 Å². The van der Waals surface area contributed by atoms with Gasteiger partial charge < -0.3 is 15.0 Å². The molecule has 2 amide bonds. The van der Waals surface area contributed by atoms with E-state index in [-0.39, 0.29) is 36.2 Å². The topological polar surface area (TPSA) is 96.0 Å². The number of methoxy groups -OCH3 is 1. The Bertz CT molecular complexity index is 1160. The Balaban J connectivity index is 2.21. The zero-order chi connectivity index (χ0) is 27.6. The molecule has 1 atom stereocenters. The molecular weight excluding hydrogens is 514 g/mol. The van der Waals surface area contributed by atoms with Crippen molar-refractivity contribution in [3.63, 3.8) is 0 Å². The van der Waals surface area contributed by atoms with Gasteiger partial charge in [0.1, 0.15) is 11.8 Å². The molecule has 0 bridgehead atoms. The van der Waals surface area contributed by atoms with Crippen LogP contribution >= 0.6 is 11.6 Å². The van der Waals surface area contributed by atoms with Crippen LogP contribution in [0.25, 0.3) is 0 Å². The lowest BCUT2D eigenvalue weighted by Gasteiger charge is -2.31. The molecule has 0 spiro atoms. The Morgan fingerprint density at radius 1 is 1.11 bits per heavy atom. The van der Waals surface area contributed by atoms with Crippen molar-refractivity contribution < 1.29 is 22.7 Å². The number of rotatable bonds is 14. The maximum atomic E-state index is 13.4. The van der Waals surface area contributed by atoms with E-state index >= 15 is 0 Å². The van der Waals surface area contributed by atoms with E-state index in [0.29, 0.717) is 30.9 Å². The lowest BCUT2D eigenvalue weighted by molar-refractivity contribution is -0.141. The Kier molecular flexibility index (Phi) is 11.7. The maximum absolute atomic E-state index is 13.4. The number of halogens is 1. The Morgan fingerprint density at radius 3 is 2.32 bits per heavy atom. The summed E-state index contributed by atoms with van der Waals surface area (Å²) in [6, 6.07) is 12.0. The van der Waals surface area contributed by atoms with Gasteiger partial charge in [-0.15, -0.1) is 0 Å². The molecule has 1 unspecified atom stereocenters. The van der Waals surface area contributed by atoms with Crippen molar-refractivity contribution in [2.45, 2.75) is 59.0 Å². The molecule has 2 rings (SSSR count). The van der Waals surface area contributed by atoms with Gasteiger partial charge >= 0.3 is 0 Å². The van der Waals surface area contributed by atoms with Crippen LogP contribution in [-0.4, -0.2) is 57.6 Å². The summed E-state index contributed by atoms with van der Waals surface area (Å²) in [5.74, 6) is 0.0449. The number of carbonyl (C=O) groups excluding carboxylic acids is 2. The van der Waals surface area contributed by atoms with Crippen molar-refractivity contribution in [3.8, 4) is 5.75 Å². The quantitative estimate of drug-likeness (QED) is 0.372. The predicted octanol–water partition coefficient (Wildman–Crippen LogP) is 4.54. The van der Waals surface area contributed by atoms with Crippen LogP contribution in [0.3, 0.4) is 0 Å². The first-order valence-electron chi connectivity index (χ1n) is 12.5. The number of nitrogens with one attached hydrogen (secondary N) is 1. The van der Waals surface area contributed by atoms with Gasteiger partial charge in [0.05, 0.1) is 24.1 Å². The first-order chi connectivity index (χ1) is 17.5. The predicted molar refractivity (Wildman–Crippen MR) is 149 cm³/mol. The molecule has 0 aliphatic carbocycles. The first kappa shape index (κ1) is 30.4. The number of anilines is 1. The second-order valence-corrected chi connectivity index (χ2v) is 11.3. The van der Waals surface area contributed by atoms with Gasteiger partial charge in [-0.05, 0) is 49.9 Å². The van der Waals surface area contributed by atoms with Gasteiger partial charge in [0.2, 0.25) is 21.8 Å².